The summed E-state index contributed by atoms with van der Waals surface area (Å²) in [5.74, 6) is 1.90. The number of amides is 1. The van der Waals surface area contributed by atoms with Crippen molar-refractivity contribution >= 4 is 5.91 Å². The Labute approximate surface area is 154 Å². The Kier molecular flexibility index (Phi) is 8.62. The number of rotatable bonds is 12. The molecular weight excluding hydrogens is 334 g/mol. The van der Waals surface area contributed by atoms with Gasteiger partial charge in [0.2, 0.25) is 17.7 Å². The maximum Gasteiger partial charge on any atom is 0.220 e. The van der Waals surface area contributed by atoms with Crippen LogP contribution in [0.25, 0.3) is 0 Å². The summed E-state index contributed by atoms with van der Waals surface area (Å²) in [6.45, 7) is 3.93. The molecule has 1 heterocycles. The van der Waals surface area contributed by atoms with Crippen LogP contribution in [0.3, 0.4) is 0 Å². The minimum Gasteiger partial charge on any atom is -0.496 e. The number of methoxy groups -OCH3 is 1. The van der Waals surface area contributed by atoms with Crippen molar-refractivity contribution in [3.05, 3.63) is 41.6 Å². The molecule has 142 valence electrons. The summed E-state index contributed by atoms with van der Waals surface area (Å²) in [6, 6.07) is 7.87. The molecule has 2 aromatic rings. The molecule has 0 aliphatic carbocycles. The van der Waals surface area contributed by atoms with Crippen molar-refractivity contribution in [1.82, 2.24) is 15.5 Å². The maximum atomic E-state index is 11.8. The van der Waals surface area contributed by atoms with Gasteiger partial charge in [-0.3, -0.25) is 4.79 Å². The molecule has 0 saturated heterocycles. The first-order valence-electron chi connectivity index (χ1n) is 9.00. The molecule has 0 atom stereocenters. The number of carbonyl (C=O) groups excluding carboxylic acids is 1. The Morgan fingerprint density at radius 1 is 1.15 bits per heavy atom. The van der Waals surface area contributed by atoms with Crippen molar-refractivity contribution < 1.29 is 18.7 Å². The molecule has 1 amide bonds. The number of aromatic nitrogens is 2. The topological polar surface area (TPSA) is 86.5 Å². The Hall–Kier alpha value is -2.41. The second-order valence-electron chi connectivity index (χ2n) is 5.80. The Balaban J connectivity index is 1.69. The molecule has 0 saturated carbocycles. The van der Waals surface area contributed by atoms with Crippen molar-refractivity contribution in [2.75, 3.05) is 26.9 Å². The van der Waals surface area contributed by atoms with Crippen LogP contribution >= 0.6 is 0 Å². The molecule has 0 aliphatic heterocycles. The first-order valence-corrected chi connectivity index (χ1v) is 9.00. The first-order chi connectivity index (χ1) is 12.7. The maximum absolute atomic E-state index is 11.8. The lowest BCUT2D eigenvalue weighted by atomic mass is 10.1. The van der Waals surface area contributed by atoms with Gasteiger partial charge in [0, 0.05) is 39.0 Å². The zero-order chi connectivity index (χ0) is 18.6. The number of nitrogens with zero attached hydrogens (tertiary/aromatic N) is 2. The fraction of sp³-hybridized carbons (Fsp3) is 0.526. The van der Waals surface area contributed by atoms with Crippen LogP contribution in [0.2, 0.25) is 0 Å². The lowest BCUT2D eigenvalue weighted by Gasteiger charge is -2.06. The van der Waals surface area contributed by atoms with Crippen LogP contribution in [0.1, 0.15) is 37.1 Å². The van der Waals surface area contributed by atoms with Crippen LogP contribution in [0, 0.1) is 0 Å². The zero-order valence-electron chi connectivity index (χ0n) is 15.5. The number of aryl methyl sites for hydroxylation is 3. The van der Waals surface area contributed by atoms with E-state index in [2.05, 4.69) is 15.5 Å². The third-order valence-electron chi connectivity index (χ3n) is 3.87. The number of para-hydroxylation sites is 1. The van der Waals surface area contributed by atoms with Crippen molar-refractivity contribution in [3.63, 3.8) is 0 Å². The molecular formula is C19H27N3O4. The molecule has 7 heteroatoms. The Morgan fingerprint density at radius 2 is 1.92 bits per heavy atom. The first kappa shape index (κ1) is 19.9. The highest BCUT2D eigenvalue weighted by atomic mass is 16.5. The van der Waals surface area contributed by atoms with E-state index in [1.807, 2.05) is 31.2 Å². The smallest absolute Gasteiger partial charge is 0.220 e. The van der Waals surface area contributed by atoms with Gasteiger partial charge in [0.25, 0.3) is 0 Å². The molecule has 1 N–H and O–H groups in total. The van der Waals surface area contributed by atoms with Crippen molar-refractivity contribution in [2.45, 2.75) is 39.0 Å². The standard InChI is InChI=1S/C19H27N3O4/c1-3-25-14-6-13-20-17(23)10-12-19-22-21-18(26-19)11-9-15-7-4-5-8-16(15)24-2/h4-5,7-8H,3,6,9-14H2,1-2H3,(H,20,23). The monoisotopic (exact) mass is 361 g/mol. The van der Waals surface area contributed by atoms with Gasteiger partial charge in [0.05, 0.1) is 7.11 Å². The summed E-state index contributed by atoms with van der Waals surface area (Å²) in [5, 5.41) is 10.9. The number of nitrogens with one attached hydrogen (secondary N) is 1. The van der Waals surface area contributed by atoms with E-state index in [9.17, 15) is 4.79 Å². The molecule has 2 rings (SSSR count). The number of hydrogen-bond acceptors (Lipinski definition) is 6. The Bertz CT molecular complexity index is 672. The van der Waals surface area contributed by atoms with Gasteiger partial charge >= 0.3 is 0 Å². The minimum absolute atomic E-state index is 0.0183. The summed E-state index contributed by atoms with van der Waals surface area (Å²) < 4.78 is 16.2. The van der Waals surface area contributed by atoms with Gasteiger partial charge < -0.3 is 19.2 Å². The molecule has 7 nitrogen and oxygen atoms in total. The lowest BCUT2D eigenvalue weighted by Crippen LogP contribution is -2.25. The zero-order valence-corrected chi connectivity index (χ0v) is 15.5. The third kappa shape index (κ3) is 6.84. The predicted octanol–water partition coefficient (Wildman–Crippen LogP) is 2.34. The van der Waals surface area contributed by atoms with Gasteiger partial charge in [-0.2, -0.15) is 0 Å². The summed E-state index contributed by atoms with van der Waals surface area (Å²) >= 11 is 0. The highest BCUT2D eigenvalue weighted by Gasteiger charge is 2.10. The molecule has 26 heavy (non-hydrogen) atoms. The quantitative estimate of drug-likeness (QED) is 0.584. The molecule has 1 aromatic carbocycles. The van der Waals surface area contributed by atoms with Crippen LogP contribution in [-0.4, -0.2) is 43.0 Å². The SMILES string of the molecule is CCOCCCNC(=O)CCc1nnc(CCc2ccccc2OC)o1. The third-order valence-corrected chi connectivity index (χ3v) is 3.87. The van der Waals surface area contributed by atoms with E-state index in [0.717, 1.165) is 24.2 Å². The van der Waals surface area contributed by atoms with Gasteiger partial charge in [-0.25, -0.2) is 0 Å². The number of benzene rings is 1. The fourth-order valence-electron chi connectivity index (χ4n) is 2.50. The average molecular weight is 361 g/mol. The summed E-state index contributed by atoms with van der Waals surface area (Å²) in [6.07, 6.45) is 2.98. The van der Waals surface area contributed by atoms with Gasteiger partial charge in [-0.15, -0.1) is 10.2 Å². The van der Waals surface area contributed by atoms with E-state index in [-0.39, 0.29) is 5.91 Å². The van der Waals surface area contributed by atoms with E-state index >= 15 is 0 Å². The van der Waals surface area contributed by atoms with Crippen LogP contribution in [0.5, 0.6) is 5.75 Å². The summed E-state index contributed by atoms with van der Waals surface area (Å²) in [4.78, 5) is 11.8. The number of hydrogen-bond donors (Lipinski definition) is 1. The largest absolute Gasteiger partial charge is 0.496 e. The second-order valence-corrected chi connectivity index (χ2v) is 5.80. The van der Waals surface area contributed by atoms with E-state index in [1.54, 1.807) is 7.11 Å². The molecule has 0 aliphatic rings. The fourth-order valence-corrected chi connectivity index (χ4v) is 2.50. The lowest BCUT2D eigenvalue weighted by molar-refractivity contribution is -0.121. The van der Waals surface area contributed by atoms with Gasteiger partial charge in [0.1, 0.15) is 5.75 Å². The van der Waals surface area contributed by atoms with Crippen molar-refractivity contribution in [2.24, 2.45) is 0 Å². The second kappa shape index (κ2) is 11.3. The van der Waals surface area contributed by atoms with Gasteiger partial charge in [-0.05, 0) is 31.4 Å². The number of carbonyl (C=O) groups is 1. The number of ether oxygens (including phenoxy) is 2. The Morgan fingerprint density at radius 3 is 2.69 bits per heavy atom. The van der Waals surface area contributed by atoms with Crippen molar-refractivity contribution in [3.8, 4) is 5.75 Å². The average Bonchev–Trinajstić information content (AvgIpc) is 3.12. The molecule has 0 unspecified atom stereocenters. The van der Waals surface area contributed by atoms with E-state index < -0.39 is 0 Å². The summed E-state index contributed by atoms with van der Waals surface area (Å²) in [5.41, 5.74) is 1.10. The van der Waals surface area contributed by atoms with Crippen LogP contribution in [0.4, 0.5) is 0 Å². The summed E-state index contributed by atoms with van der Waals surface area (Å²) in [7, 11) is 1.66. The van der Waals surface area contributed by atoms with Crippen molar-refractivity contribution in [1.29, 1.82) is 0 Å². The molecule has 0 fully saturated rings. The van der Waals surface area contributed by atoms with E-state index in [4.69, 9.17) is 13.9 Å². The van der Waals surface area contributed by atoms with E-state index in [0.29, 0.717) is 50.8 Å². The highest BCUT2D eigenvalue weighted by Crippen LogP contribution is 2.19. The van der Waals surface area contributed by atoms with Crippen LogP contribution in [0.15, 0.2) is 28.7 Å². The molecule has 0 spiro atoms. The van der Waals surface area contributed by atoms with E-state index in [1.165, 1.54) is 0 Å². The molecule has 1 aromatic heterocycles. The van der Waals surface area contributed by atoms with Crippen LogP contribution < -0.4 is 10.1 Å². The molecule has 0 bridgehead atoms. The highest BCUT2D eigenvalue weighted by molar-refractivity contribution is 5.75. The van der Waals surface area contributed by atoms with Gasteiger partial charge in [-0.1, -0.05) is 18.2 Å². The predicted molar refractivity (Wildman–Crippen MR) is 97.1 cm³/mol. The van der Waals surface area contributed by atoms with Crippen LogP contribution in [-0.2, 0) is 28.8 Å². The molecule has 0 radical (unpaired) electrons. The normalized spacial score (nSPS) is 10.7. The minimum atomic E-state index is -0.0183. The van der Waals surface area contributed by atoms with Gasteiger partial charge in [0.15, 0.2) is 0 Å².